The van der Waals surface area contributed by atoms with Crippen LogP contribution in [0.2, 0.25) is 0 Å². The fourth-order valence-corrected chi connectivity index (χ4v) is 2.22. The van der Waals surface area contributed by atoms with Gasteiger partial charge in [0, 0.05) is 0 Å². The molecule has 0 saturated carbocycles. The van der Waals surface area contributed by atoms with Crippen molar-refractivity contribution in [1.82, 2.24) is 0 Å². The van der Waals surface area contributed by atoms with E-state index in [0.29, 0.717) is 12.2 Å². The summed E-state index contributed by atoms with van der Waals surface area (Å²) in [5, 5.41) is 8.74. The minimum atomic E-state index is -0.301. The van der Waals surface area contributed by atoms with Gasteiger partial charge in [-0.05, 0) is 54.8 Å². The summed E-state index contributed by atoms with van der Waals surface area (Å²) >= 11 is 0. The Balaban J connectivity index is 2.20. The van der Waals surface area contributed by atoms with Crippen LogP contribution in [0.3, 0.4) is 0 Å². The first-order valence-corrected chi connectivity index (χ1v) is 7.27. The fourth-order valence-electron chi connectivity index (χ4n) is 2.22. The zero-order valence-corrected chi connectivity index (χ0v) is 12.8. The van der Waals surface area contributed by atoms with Crippen molar-refractivity contribution in [2.45, 2.75) is 13.8 Å². The molecule has 2 aromatic carbocycles. The Hall–Kier alpha value is -2.33. The second-order valence-electron chi connectivity index (χ2n) is 4.85. The number of esters is 1. The van der Waals surface area contributed by atoms with E-state index in [0.717, 1.165) is 22.4 Å². The zero-order chi connectivity index (χ0) is 15.9. The Labute approximate surface area is 130 Å². The van der Waals surface area contributed by atoms with Crippen molar-refractivity contribution < 1.29 is 19.4 Å². The number of ether oxygens (including phenoxy) is 2. The molecule has 0 saturated heterocycles. The largest absolute Gasteiger partial charge is 0.491 e. The maximum Gasteiger partial charge on any atom is 0.338 e. The van der Waals surface area contributed by atoms with Gasteiger partial charge in [0.2, 0.25) is 0 Å². The lowest BCUT2D eigenvalue weighted by molar-refractivity contribution is 0.0526. The Morgan fingerprint density at radius 3 is 2.45 bits per heavy atom. The van der Waals surface area contributed by atoms with Crippen molar-refractivity contribution >= 4 is 5.97 Å². The molecule has 0 atom stereocenters. The zero-order valence-electron chi connectivity index (χ0n) is 12.8. The number of benzene rings is 2. The minimum Gasteiger partial charge on any atom is -0.491 e. The normalized spacial score (nSPS) is 10.3. The van der Waals surface area contributed by atoms with Gasteiger partial charge >= 0.3 is 5.97 Å². The van der Waals surface area contributed by atoms with Gasteiger partial charge < -0.3 is 14.6 Å². The first kappa shape index (κ1) is 16.0. The van der Waals surface area contributed by atoms with Gasteiger partial charge in [0.1, 0.15) is 12.4 Å². The lowest BCUT2D eigenvalue weighted by Crippen LogP contribution is -2.05. The van der Waals surface area contributed by atoms with E-state index in [1.807, 2.05) is 43.3 Å². The van der Waals surface area contributed by atoms with Crippen molar-refractivity contribution in [3.05, 3.63) is 53.6 Å². The number of aliphatic hydroxyl groups excluding tert-OH is 1. The monoisotopic (exact) mass is 300 g/mol. The van der Waals surface area contributed by atoms with Crippen molar-refractivity contribution in [2.24, 2.45) is 0 Å². The molecular formula is C18H20O4. The molecule has 22 heavy (non-hydrogen) atoms. The molecule has 0 radical (unpaired) electrons. The molecule has 0 unspecified atom stereocenters. The molecule has 1 N–H and O–H groups in total. The molecule has 0 fully saturated rings. The SMILES string of the molecule is CCOC(=O)c1ccc(-c2ccc(OCCO)cc2)c(C)c1. The highest BCUT2D eigenvalue weighted by Crippen LogP contribution is 2.26. The van der Waals surface area contributed by atoms with Gasteiger partial charge in [-0.1, -0.05) is 18.2 Å². The average molecular weight is 300 g/mol. The van der Waals surface area contributed by atoms with Crippen LogP contribution in [0.15, 0.2) is 42.5 Å². The molecule has 116 valence electrons. The number of aryl methyl sites for hydroxylation is 1. The Bertz CT molecular complexity index is 632. The van der Waals surface area contributed by atoms with E-state index >= 15 is 0 Å². The Morgan fingerprint density at radius 1 is 1.14 bits per heavy atom. The lowest BCUT2D eigenvalue weighted by Gasteiger charge is -2.10. The molecule has 2 aromatic rings. The van der Waals surface area contributed by atoms with Crippen LogP contribution in [0.1, 0.15) is 22.8 Å². The van der Waals surface area contributed by atoms with Crippen molar-refractivity contribution in [2.75, 3.05) is 19.8 Å². The fraction of sp³-hybridized carbons (Fsp3) is 0.278. The van der Waals surface area contributed by atoms with E-state index in [-0.39, 0.29) is 19.2 Å². The Morgan fingerprint density at radius 2 is 1.86 bits per heavy atom. The molecule has 4 nitrogen and oxygen atoms in total. The number of carbonyl (C=O) groups excluding carboxylic acids is 1. The highest BCUT2D eigenvalue weighted by molar-refractivity contribution is 5.90. The van der Waals surface area contributed by atoms with E-state index in [2.05, 4.69) is 0 Å². The average Bonchev–Trinajstić information content (AvgIpc) is 2.53. The Kier molecular flexibility index (Phi) is 5.55. The summed E-state index contributed by atoms with van der Waals surface area (Å²) in [6.07, 6.45) is 0. The van der Waals surface area contributed by atoms with Gasteiger partial charge in [-0.2, -0.15) is 0 Å². The standard InChI is InChI=1S/C18H20O4/c1-3-21-18(20)15-6-9-17(13(2)12-15)14-4-7-16(8-5-14)22-11-10-19/h4-9,12,19H,3,10-11H2,1-2H3. The first-order chi connectivity index (χ1) is 10.7. The van der Waals surface area contributed by atoms with Crippen LogP contribution in [0, 0.1) is 6.92 Å². The summed E-state index contributed by atoms with van der Waals surface area (Å²) in [5.41, 5.74) is 3.67. The van der Waals surface area contributed by atoms with Gasteiger partial charge in [0.05, 0.1) is 18.8 Å². The molecule has 0 aliphatic carbocycles. The maximum atomic E-state index is 11.7. The summed E-state index contributed by atoms with van der Waals surface area (Å²) in [5.74, 6) is 0.420. The van der Waals surface area contributed by atoms with Crippen molar-refractivity contribution in [3.63, 3.8) is 0 Å². The lowest BCUT2D eigenvalue weighted by atomic mass is 9.98. The van der Waals surface area contributed by atoms with Crippen molar-refractivity contribution in [3.8, 4) is 16.9 Å². The van der Waals surface area contributed by atoms with Crippen molar-refractivity contribution in [1.29, 1.82) is 0 Å². The second kappa shape index (κ2) is 7.61. The minimum absolute atomic E-state index is 0.00379. The van der Waals surface area contributed by atoms with Crippen LogP contribution in [0.5, 0.6) is 5.75 Å². The third-order valence-corrected chi connectivity index (χ3v) is 3.26. The van der Waals surface area contributed by atoms with Gasteiger partial charge in [-0.15, -0.1) is 0 Å². The van der Waals surface area contributed by atoms with E-state index in [4.69, 9.17) is 14.6 Å². The smallest absolute Gasteiger partial charge is 0.338 e. The molecule has 0 bridgehead atoms. The summed E-state index contributed by atoms with van der Waals surface area (Å²) < 4.78 is 10.3. The topological polar surface area (TPSA) is 55.8 Å². The predicted octanol–water partition coefficient (Wildman–Crippen LogP) is 3.21. The summed E-state index contributed by atoms with van der Waals surface area (Å²) in [6, 6.07) is 13.2. The highest BCUT2D eigenvalue weighted by atomic mass is 16.5. The number of rotatable bonds is 6. The van der Waals surface area contributed by atoms with Crippen LogP contribution in [0.4, 0.5) is 0 Å². The van der Waals surface area contributed by atoms with Crippen LogP contribution in [-0.2, 0) is 4.74 Å². The van der Waals surface area contributed by atoms with Crippen LogP contribution in [-0.4, -0.2) is 30.9 Å². The first-order valence-electron chi connectivity index (χ1n) is 7.27. The molecule has 0 aliphatic heterocycles. The van der Waals surface area contributed by atoms with Crippen LogP contribution in [0.25, 0.3) is 11.1 Å². The molecule has 0 spiro atoms. The number of aliphatic hydroxyl groups is 1. The summed E-state index contributed by atoms with van der Waals surface area (Å²) in [6.45, 7) is 4.41. The van der Waals surface area contributed by atoms with Crippen LogP contribution < -0.4 is 4.74 Å². The molecule has 4 heteroatoms. The second-order valence-corrected chi connectivity index (χ2v) is 4.85. The molecule has 0 heterocycles. The highest BCUT2D eigenvalue weighted by Gasteiger charge is 2.09. The third-order valence-electron chi connectivity index (χ3n) is 3.26. The van der Waals surface area contributed by atoms with E-state index in [1.54, 1.807) is 13.0 Å². The molecule has 0 aliphatic rings. The number of carbonyl (C=O) groups is 1. The molecule has 0 amide bonds. The summed E-state index contributed by atoms with van der Waals surface area (Å²) in [4.78, 5) is 11.7. The molecule has 0 aromatic heterocycles. The van der Waals surface area contributed by atoms with E-state index in [1.165, 1.54) is 0 Å². The maximum absolute atomic E-state index is 11.7. The van der Waals surface area contributed by atoms with Gasteiger partial charge in [0.25, 0.3) is 0 Å². The van der Waals surface area contributed by atoms with Gasteiger partial charge in [-0.25, -0.2) is 4.79 Å². The third kappa shape index (κ3) is 3.86. The van der Waals surface area contributed by atoms with E-state index < -0.39 is 0 Å². The summed E-state index contributed by atoms with van der Waals surface area (Å²) in [7, 11) is 0. The van der Waals surface area contributed by atoms with E-state index in [9.17, 15) is 4.79 Å². The van der Waals surface area contributed by atoms with Gasteiger partial charge in [-0.3, -0.25) is 0 Å². The number of hydrogen-bond acceptors (Lipinski definition) is 4. The van der Waals surface area contributed by atoms with Crippen LogP contribution >= 0.6 is 0 Å². The predicted molar refractivity (Wildman–Crippen MR) is 85.2 cm³/mol. The number of hydrogen-bond donors (Lipinski definition) is 1. The molecular weight excluding hydrogens is 280 g/mol. The quantitative estimate of drug-likeness (QED) is 0.832. The molecule has 2 rings (SSSR count). The van der Waals surface area contributed by atoms with Gasteiger partial charge in [0.15, 0.2) is 0 Å².